The van der Waals surface area contributed by atoms with Gasteiger partial charge in [-0.15, -0.1) is 0 Å². The Labute approximate surface area is 115 Å². The zero-order valence-electron chi connectivity index (χ0n) is 10.4. The van der Waals surface area contributed by atoms with E-state index in [0.29, 0.717) is 17.0 Å². The van der Waals surface area contributed by atoms with Crippen LogP contribution in [0.3, 0.4) is 0 Å². The summed E-state index contributed by atoms with van der Waals surface area (Å²) in [6.07, 6.45) is 3.20. The molecule has 3 aromatic rings. The molecule has 0 aliphatic heterocycles. The van der Waals surface area contributed by atoms with Crippen molar-refractivity contribution in [2.75, 3.05) is 5.32 Å². The first-order valence-electron chi connectivity index (χ1n) is 6.00. The van der Waals surface area contributed by atoms with Crippen LogP contribution in [0.4, 0.5) is 5.82 Å². The Bertz CT molecular complexity index is 766. The molecule has 3 rings (SSSR count). The quantitative estimate of drug-likeness (QED) is 0.733. The van der Waals surface area contributed by atoms with Gasteiger partial charge < -0.3 is 9.73 Å². The van der Waals surface area contributed by atoms with Crippen molar-refractivity contribution in [2.24, 2.45) is 0 Å². The van der Waals surface area contributed by atoms with Gasteiger partial charge in [0.05, 0.1) is 0 Å². The molecule has 2 aromatic heterocycles. The standard InChI is InChI=1S/C15H10N4O/c16-9-11(10-18-14-7-3-4-8-17-14)15-19-12-5-1-2-6-13(12)20-15/h1-8,10H,(H,17,18)/b11-10+. The fraction of sp³-hybridized carbons (Fsp3) is 0. The first-order chi connectivity index (χ1) is 9.86. The smallest absolute Gasteiger partial charge is 0.239 e. The van der Waals surface area contributed by atoms with Crippen LogP contribution in [0.1, 0.15) is 5.89 Å². The summed E-state index contributed by atoms with van der Waals surface area (Å²) >= 11 is 0. The zero-order valence-corrected chi connectivity index (χ0v) is 10.4. The van der Waals surface area contributed by atoms with Crippen LogP contribution >= 0.6 is 0 Å². The highest BCUT2D eigenvalue weighted by Crippen LogP contribution is 2.20. The first kappa shape index (κ1) is 11.9. The van der Waals surface area contributed by atoms with Gasteiger partial charge in [0.2, 0.25) is 5.89 Å². The zero-order chi connectivity index (χ0) is 13.8. The van der Waals surface area contributed by atoms with Gasteiger partial charge in [0.25, 0.3) is 0 Å². The minimum Gasteiger partial charge on any atom is -0.435 e. The number of hydrogen-bond acceptors (Lipinski definition) is 5. The molecule has 5 heteroatoms. The number of allylic oxidation sites excluding steroid dienone is 1. The molecule has 1 N–H and O–H groups in total. The Balaban J connectivity index is 1.91. The third-order valence-electron chi connectivity index (χ3n) is 2.67. The van der Waals surface area contributed by atoms with E-state index in [2.05, 4.69) is 21.4 Å². The fourth-order valence-corrected chi connectivity index (χ4v) is 1.72. The Kier molecular flexibility index (Phi) is 3.13. The molecule has 0 unspecified atom stereocenters. The number of oxazole rings is 1. The summed E-state index contributed by atoms with van der Waals surface area (Å²) in [5.41, 5.74) is 1.69. The van der Waals surface area contributed by atoms with E-state index in [9.17, 15) is 5.26 Å². The average Bonchev–Trinajstić information content (AvgIpc) is 2.92. The predicted molar refractivity (Wildman–Crippen MR) is 75.5 cm³/mol. The molecule has 0 radical (unpaired) electrons. The Morgan fingerprint density at radius 3 is 2.80 bits per heavy atom. The third kappa shape index (κ3) is 2.35. The highest BCUT2D eigenvalue weighted by molar-refractivity contribution is 5.80. The van der Waals surface area contributed by atoms with Crippen molar-refractivity contribution in [1.82, 2.24) is 9.97 Å². The number of nitriles is 1. The van der Waals surface area contributed by atoms with E-state index in [1.165, 1.54) is 6.20 Å². The number of anilines is 1. The van der Waals surface area contributed by atoms with E-state index in [-0.39, 0.29) is 5.89 Å². The van der Waals surface area contributed by atoms with Gasteiger partial charge in [-0.05, 0) is 24.3 Å². The SMILES string of the molecule is N#C/C(=C\Nc1ccccn1)c1nc2ccccc2o1. The molecular formula is C15H10N4O. The lowest BCUT2D eigenvalue weighted by Gasteiger charge is -1.98. The van der Waals surface area contributed by atoms with Crippen molar-refractivity contribution >= 4 is 22.5 Å². The number of para-hydroxylation sites is 2. The third-order valence-corrected chi connectivity index (χ3v) is 2.67. The number of nitrogens with zero attached hydrogens (tertiary/aromatic N) is 3. The summed E-state index contributed by atoms with van der Waals surface area (Å²) < 4.78 is 5.55. The van der Waals surface area contributed by atoms with Crippen molar-refractivity contribution in [2.45, 2.75) is 0 Å². The van der Waals surface area contributed by atoms with Crippen LogP contribution in [0, 0.1) is 11.3 Å². The number of rotatable bonds is 3. The summed E-state index contributed by atoms with van der Waals surface area (Å²) in [4.78, 5) is 8.38. The molecule has 1 aromatic carbocycles. The lowest BCUT2D eigenvalue weighted by Crippen LogP contribution is -1.93. The van der Waals surface area contributed by atoms with Crippen molar-refractivity contribution in [3.63, 3.8) is 0 Å². The summed E-state index contributed by atoms with van der Waals surface area (Å²) in [7, 11) is 0. The second kappa shape index (κ2) is 5.24. The summed E-state index contributed by atoms with van der Waals surface area (Å²) in [6.45, 7) is 0. The molecule has 96 valence electrons. The van der Waals surface area contributed by atoms with Gasteiger partial charge in [-0.25, -0.2) is 9.97 Å². The van der Waals surface area contributed by atoms with Crippen molar-refractivity contribution in [1.29, 1.82) is 5.26 Å². The maximum atomic E-state index is 9.20. The van der Waals surface area contributed by atoms with Crippen LogP contribution < -0.4 is 5.32 Å². The summed E-state index contributed by atoms with van der Waals surface area (Å²) in [5.74, 6) is 0.938. The average molecular weight is 262 g/mol. The molecule has 0 saturated heterocycles. The highest BCUT2D eigenvalue weighted by Gasteiger charge is 2.09. The van der Waals surface area contributed by atoms with Crippen LogP contribution in [0.25, 0.3) is 16.7 Å². The van der Waals surface area contributed by atoms with Gasteiger partial charge >= 0.3 is 0 Å². The largest absolute Gasteiger partial charge is 0.435 e. The second-order valence-electron chi connectivity index (χ2n) is 4.02. The van der Waals surface area contributed by atoms with E-state index in [0.717, 1.165) is 5.52 Å². The van der Waals surface area contributed by atoms with Gasteiger partial charge in [0, 0.05) is 12.4 Å². The predicted octanol–water partition coefficient (Wildman–Crippen LogP) is 3.20. The molecule has 20 heavy (non-hydrogen) atoms. The van der Waals surface area contributed by atoms with E-state index in [1.807, 2.05) is 36.4 Å². The Morgan fingerprint density at radius 2 is 2.05 bits per heavy atom. The van der Waals surface area contributed by atoms with Crippen molar-refractivity contribution in [3.8, 4) is 6.07 Å². The van der Waals surface area contributed by atoms with E-state index in [4.69, 9.17) is 4.42 Å². The van der Waals surface area contributed by atoms with Crippen LogP contribution in [0.5, 0.6) is 0 Å². The van der Waals surface area contributed by atoms with Gasteiger partial charge in [-0.3, -0.25) is 0 Å². The summed E-state index contributed by atoms with van der Waals surface area (Å²) in [5, 5.41) is 12.1. The molecule has 0 atom stereocenters. The van der Waals surface area contributed by atoms with E-state index < -0.39 is 0 Å². The molecule has 0 bridgehead atoms. The van der Waals surface area contributed by atoms with Gasteiger partial charge in [-0.1, -0.05) is 18.2 Å². The number of fused-ring (bicyclic) bond motifs is 1. The maximum Gasteiger partial charge on any atom is 0.239 e. The van der Waals surface area contributed by atoms with Crippen LogP contribution in [0.15, 0.2) is 59.3 Å². The molecule has 0 aliphatic rings. The Hall–Kier alpha value is -3.13. The summed E-state index contributed by atoms with van der Waals surface area (Å²) in [6, 6.07) is 14.9. The number of pyridine rings is 1. The number of aromatic nitrogens is 2. The lowest BCUT2D eigenvalue weighted by molar-refractivity contribution is 0.586. The molecular weight excluding hydrogens is 252 g/mol. The maximum absolute atomic E-state index is 9.20. The van der Waals surface area contributed by atoms with Crippen LogP contribution in [-0.2, 0) is 0 Å². The molecule has 0 amide bonds. The first-order valence-corrected chi connectivity index (χ1v) is 6.00. The van der Waals surface area contributed by atoms with E-state index in [1.54, 1.807) is 12.3 Å². The van der Waals surface area contributed by atoms with Gasteiger partial charge in [0.15, 0.2) is 5.58 Å². The van der Waals surface area contributed by atoms with Gasteiger partial charge in [-0.2, -0.15) is 5.26 Å². The molecule has 0 saturated carbocycles. The molecule has 5 nitrogen and oxygen atoms in total. The molecule has 0 aliphatic carbocycles. The van der Waals surface area contributed by atoms with E-state index >= 15 is 0 Å². The normalized spacial score (nSPS) is 11.2. The Morgan fingerprint density at radius 1 is 1.20 bits per heavy atom. The molecule has 0 fully saturated rings. The topological polar surface area (TPSA) is 74.7 Å². The lowest BCUT2D eigenvalue weighted by atomic mass is 10.3. The van der Waals surface area contributed by atoms with Crippen LogP contribution in [-0.4, -0.2) is 9.97 Å². The second-order valence-corrected chi connectivity index (χ2v) is 4.02. The number of benzene rings is 1. The number of hydrogen-bond donors (Lipinski definition) is 1. The molecule has 2 heterocycles. The van der Waals surface area contributed by atoms with Crippen molar-refractivity contribution < 1.29 is 4.42 Å². The highest BCUT2D eigenvalue weighted by atomic mass is 16.3. The van der Waals surface area contributed by atoms with Crippen LogP contribution in [0.2, 0.25) is 0 Å². The fourth-order valence-electron chi connectivity index (χ4n) is 1.72. The van der Waals surface area contributed by atoms with Gasteiger partial charge in [0.1, 0.15) is 23.0 Å². The minimum atomic E-state index is 0.289. The van der Waals surface area contributed by atoms with Crippen molar-refractivity contribution in [3.05, 3.63) is 60.8 Å². The monoisotopic (exact) mass is 262 g/mol. The minimum absolute atomic E-state index is 0.289. The molecule has 0 spiro atoms. The number of nitrogens with one attached hydrogen (secondary N) is 1.